The summed E-state index contributed by atoms with van der Waals surface area (Å²) in [4.78, 5) is 29.5. The third-order valence-electron chi connectivity index (χ3n) is 4.78. The van der Waals surface area contributed by atoms with E-state index in [9.17, 15) is 19.3 Å². The molecule has 0 spiro atoms. The van der Waals surface area contributed by atoms with E-state index in [1.165, 1.54) is 35.6 Å². The Morgan fingerprint density at radius 3 is 2.79 bits per heavy atom. The number of hydrogen-bond acceptors (Lipinski definition) is 6. The largest absolute Gasteiger partial charge is 0.376 e. The number of nitrogens with zero attached hydrogens (tertiary/aromatic N) is 3. The van der Waals surface area contributed by atoms with Gasteiger partial charge in [0.05, 0.1) is 34.2 Å². The van der Waals surface area contributed by atoms with Crippen molar-refractivity contribution < 1.29 is 18.8 Å². The molecule has 1 saturated heterocycles. The van der Waals surface area contributed by atoms with E-state index >= 15 is 0 Å². The lowest BCUT2D eigenvalue weighted by atomic mass is 10.1. The second-order valence-electron chi connectivity index (χ2n) is 6.85. The van der Waals surface area contributed by atoms with Gasteiger partial charge in [0.2, 0.25) is 5.91 Å². The summed E-state index contributed by atoms with van der Waals surface area (Å²) in [6, 6.07) is 10.3. The average Bonchev–Trinajstić information content (AvgIpc) is 3.35. The zero-order valence-electron chi connectivity index (χ0n) is 15.4. The van der Waals surface area contributed by atoms with E-state index in [1.807, 2.05) is 0 Å². The van der Waals surface area contributed by atoms with Crippen LogP contribution in [0.4, 0.5) is 15.2 Å². The first kappa shape index (κ1) is 19.4. The summed E-state index contributed by atoms with van der Waals surface area (Å²) < 4.78 is 19.9. The molecular formula is C20H18FN3O4S. The number of carbonyl (C=O) groups excluding carboxylic acids is 1. The van der Waals surface area contributed by atoms with Crippen molar-refractivity contribution in [2.75, 3.05) is 18.1 Å². The topological polar surface area (TPSA) is 85.6 Å². The molecule has 9 heteroatoms. The number of benzene rings is 2. The molecule has 0 N–H and O–H groups in total. The van der Waals surface area contributed by atoms with Gasteiger partial charge in [-0.3, -0.25) is 19.8 Å². The number of thiazole rings is 1. The van der Waals surface area contributed by atoms with Crippen molar-refractivity contribution in [3.05, 3.63) is 64.0 Å². The van der Waals surface area contributed by atoms with Gasteiger partial charge in [0.25, 0.3) is 5.69 Å². The lowest BCUT2D eigenvalue weighted by molar-refractivity contribution is -0.384. The van der Waals surface area contributed by atoms with Gasteiger partial charge in [-0.1, -0.05) is 23.5 Å². The molecule has 1 aromatic heterocycles. The second kappa shape index (κ2) is 8.22. The van der Waals surface area contributed by atoms with Crippen molar-refractivity contribution in [2.24, 2.45) is 0 Å². The molecule has 0 saturated carbocycles. The van der Waals surface area contributed by atoms with Crippen LogP contribution in [-0.2, 0) is 16.0 Å². The van der Waals surface area contributed by atoms with Crippen LogP contribution in [-0.4, -0.2) is 35.1 Å². The molecule has 1 amide bonds. The molecule has 0 aliphatic carbocycles. The van der Waals surface area contributed by atoms with Gasteiger partial charge >= 0.3 is 0 Å². The Morgan fingerprint density at radius 1 is 1.31 bits per heavy atom. The summed E-state index contributed by atoms with van der Waals surface area (Å²) >= 11 is 1.26. The standard InChI is InChI=1S/C20H18FN3O4S/c21-14-5-8-17-18(11-14)29-20(22-17)23(12-16-2-1-9-28-16)19(25)10-13-3-6-15(7-4-13)24(26)27/h3-8,11,16H,1-2,9-10,12H2. The lowest BCUT2D eigenvalue weighted by Gasteiger charge is -2.23. The predicted molar refractivity (Wildman–Crippen MR) is 108 cm³/mol. The number of carbonyl (C=O) groups is 1. The van der Waals surface area contributed by atoms with Crippen LogP contribution >= 0.6 is 11.3 Å². The van der Waals surface area contributed by atoms with Gasteiger partial charge in [-0.15, -0.1) is 0 Å². The van der Waals surface area contributed by atoms with Crippen LogP contribution in [0.1, 0.15) is 18.4 Å². The first-order valence-electron chi connectivity index (χ1n) is 9.21. The van der Waals surface area contributed by atoms with Gasteiger partial charge in [0.1, 0.15) is 5.82 Å². The number of amides is 1. The lowest BCUT2D eigenvalue weighted by Crippen LogP contribution is -2.38. The van der Waals surface area contributed by atoms with E-state index in [4.69, 9.17) is 4.74 Å². The van der Waals surface area contributed by atoms with Crippen LogP contribution in [0.5, 0.6) is 0 Å². The van der Waals surface area contributed by atoms with Crippen LogP contribution in [0.25, 0.3) is 10.2 Å². The minimum Gasteiger partial charge on any atom is -0.376 e. The number of halogens is 1. The number of nitro benzene ring substituents is 1. The minimum absolute atomic E-state index is 0.0226. The Labute approximate surface area is 169 Å². The molecule has 4 rings (SSSR count). The van der Waals surface area contributed by atoms with Crippen LogP contribution in [0, 0.1) is 15.9 Å². The molecule has 3 aromatic rings. The van der Waals surface area contributed by atoms with E-state index in [1.54, 1.807) is 23.1 Å². The monoisotopic (exact) mass is 415 g/mol. The molecule has 1 fully saturated rings. The summed E-state index contributed by atoms with van der Waals surface area (Å²) in [5.41, 5.74) is 1.28. The van der Waals surface area contributed by atoms with Crippen LogP contribution in [0.3, 0.4) is 0 Å². The van der Waals surface area contributed by atoms with Crippen LogP contribution in [0.2, 0.25) is 0 Å². The number of nitro groups is 1. The van der Waals surface area contributed by atoms with Gasteiger partial charge < -0.3 is 4.74 Å². The highest BCUT2D eigenvalue weighted by atomic mass is 32.1. The van der Waals surface area contributed by atoms with Crippen molar-refractivity contribution in [1.29, 1.82) is 0 Å². The third-order valence-corrected chi connectivity index (χ3v) is 5.83. The van der Waals surface area contributed by atoms with Crippen molar-refractivity contribution >= 4 is 38.3 Å². The summed E-state index contributed by atoms with van der Waals surface area (Å²) in [6.07, 6.45) is 1.82. The van der Waals surface area contributed by atoms with Gasteiger partial charge in [0, 0.05) is 18.7 Å². The SMILES string of the molecule is O=C(Cc1ccc([N+](=O)[O-])cc1)N(CC1CCCO1)c1nc2ccc(F)cc2s1. The third kappa shape index (κ3) is 4.41. The van der Waals surface area contributed by atoms with Gasteiger partial charge in [-0.2, -0.15) is 0 Å². The smallest absolute Gasteiger partial charge is 0.269 e. The average molecular weight is 415 g/mol. The number of rotatable bonds is 6. The fraction of sp³-hybridized carbons (Fsp3) is 0.300. The summed E-state index contributed by atoms with van der Waals surface area (Å²) in [6.45, 7) is 1.04. The number of aromatic nitrogens is 1. The maximum absolute atomic E-state index is 13.5. The number of fused-ring (bicyclic) bond motifs is 1. The van der Waals surface area contributed by atoms with Crippen molar-refractivity contribution in [2.45, 2.75) is 25.4 Å². The molecule has 0 radical (unpaired) electrons. The predicted octanol–water partition coefficient (Wildman–Crippen LogP) is 4.10. The van der Waals surface area contributed by atoms with Gasteiger partial charge in [-0.05, 0) is 36.6 Å². The van der Waals surface area contributed by atoms with E-state index in [0.29, 0.717) is 34.1 Å². The van der Waals surface area contributed by atoms with E-state index < -0.39 is 4.92 Å². The molecule has 1 aliphatic rings. The zero-order chi connectivity index (χ0) is 20.4. The molecule has 2 aromatic carbocycles. The first-order chi connectivity index (χ1) is 14.0. The highest BCUT2D eigenvalue weighted by molar-refractivity contribution is 7.22. The fourth-order valence-corrected chi connectivity index (χ4v) is 4.30. The molecule has 150 valence electrons. The van der Waals surface area contributed by atoms with E-state index in [-0.39, 0.29) is 29.9 Å². The Bertz CT molecular complexity index is 1050. The second-order valence-corrected chi connectivity index (χ2v) is 7.86. The summed E-state index contributed by atoms with van der Waals surface area (Å²) in [7, 11) is 0. The number of hydrogen-bond donors (Lipinski definition) is 0. The summed E-state index contributed by atoms with van der Waals surface area (Å²) in [5, 5.41) is 11.3. The van der Waals surface area contributed by atoms with Gasteiger partial charge in [0.15, 0.2) is 5.13 Å². The molecule has 0 bridgehead atoms. The molecular weight excluding hydrogens is 397 g/mol. The normalized spacial score (nSPS) is 16.2. The molecule has 29 heavy (non-hydrogen) atoms. The number of non-ortho nitro benzene ring substituents is 1. The van der Waals surface area contributed by atoms with Crippen molar-refractivity contribution in [3.63, 3.8) is 0 Å². The quantitative estimate of drug-likeness (QED) is 0.447. The Kier molecular flexibility index (Phi) is 5.50. The maximum Gasteiger partial charge on any atom is 0.269 e. The van der Waals surface area contributed by atoms with Crippen LogP contribution < -0.4 is 4.90 Å². The Balaban J connectivity index is 1.59. The highest BCUT2D eigenvalue weighted by Gasteiger charge is 2.26. The number of ether oxygens (including phenoxy) is 1. The van der Waals surface area contributed by atoms with E-state index in [2.05, 4.69) is 4.98 Å². The zero-order valence-corrected chi connectivity index (χ0v) is 16.2. The van der Waals surface area contributed by atoms with Gasteiger partial charge in [-0.25, -0.2) is 9.37 Å². The minimum atomic E-state index is -0.477. The molecule has 2 heterocycles. The van der Waals surface area contributed by atoms with Crippen LogP contribution in [0.15, 0.2) is 42.5 Å². The molecule has 1 aliphatic heterocycles. The number of anilines is 1. The first-order valence-corrected chi connectivity index (χ1v) is 10.0. The maximum atomic E-state index is 13.5. The summed E-state index contributed by atoms with van der Waals surface area (Å²) in [5.74, 6) is -0.538. The molecule has 1 atom stereocenters. The van der Waals surface area contributed by atoms with Crippen molar-refractivity contribution in [1.82, 2.24) is 4.98 Å². The van der Waals surface area contributed by atoms with Crippen molar-refractivity contribution in [3.8, 4) is 0 Å². The molecule has 7 nitrogen and oxygen atoms in total. The molecule has 1 unspecified atom stereocenters. The Morgan fingerprint density at radius 2 is 2.10 bits per heavy atom. The van der Waals surface area contributed by atoms with E-state index in [0.717, 1.165) is 12.8 Å². The Hall–Kier alpha value is -2.91. The highest BCUT2D eigenvalue weighted by Crippen LogP contribution is 2.31. The fourth-order valence-electron chi connectivity index (χ4n) is 3.29.